The van der Waals surface area contributed by atoms with Gasteiger partial charge in [-0.1, -0.05) is 13.0 Å². The minimum atomic E-state index is -3.66. The molecule has 0 aliphatic carbocycles. The maximum atomic E-state index is 12.0. The molecule has 0 radical (unpaired) electrons. The first kappa shape index (κ1) is 20.1. The molecule has 27 heavy (non-hydrogen) atoms. The largest absolute Gasteiger partial charge is 0.366 e. The molecule has 0 spiro atoms. The Kier molecular flexibility index (Phi) is 6.05. The van der Waals surface area contributed by atoms with Gasteiger partial charge in [-0.2, -0.15) is 0 Å². The third-order valence-corrected chi connectivity index (χ3v) is 6.94. The smallest absolute Gasteiger partial charge is 0.311 e. The Bertz CT molecular complexity index is 788. The number of nitrogens with zero attached hydrogens (tertiary/aromatic N) is 3. The highest BCUT2D eigenvalue weighted by molar-refractivity contribution is 7.90. The van der Waals surface area contributed by atoms with Gasteiger partial charge < -0.3 is 9.80 Å². The van der Waals surface area contributed by atoms with Crippen LogP contribution in [0.4, 0.5) is 11.4 Å². The number of nitro benzene ring substituents is 1. The average Bonchev–Trinajstić information content (AvgIpc) is 2.62. The van der Waals surface area contributed by atoms with Crippen molar-refractivity contribution in [1.82, 2.24) is 4.90 Å². The van der Waals surface area contributed by atoms with E-state index in [0.29, 0.717) is 11.6 Å². The SMILES string of the molecule is CC1CCN(CC2CCCN(c3cccc(S(C)(=O)=O)c3[N+](=O)[O-])C2)CC1. The Morgan fingerprint density at radius 2 is 1.89 bits per heavy atom. The Morgan fingerprint density at radius 3 is 2.52 bits per heavy atom. The van der Waals surface area contributed by atoms with E-state index in [4.69, 9.17) is 0 Å². The zero-order valence-electron chi connectivity index (χ0n) is 16.1. The quantitative estimate of drug-likeness (QED) is 0.563. The summed E-state index contributed by atoms with van der Waals surface area (Å²) in [6.45, 7) is 7.03. The second-order valence-corrected chi connectivity index (χ2v) is 10.1. The molecule has 1 aromatic rings. The van der Waals surface area contributed by atoms with E-state index >= 15 is 0 Å². The fraction of sp³-hybridized carbons (Fsp3) is 0.684. The van der Waals surface area contributed by atoms with Crippen LogP contribution in [-0.4, -0.2) is 57.2 Å². The Morgan fingerprint density at radius 1 is 1.19 bits per heavy atom. The van der Waals surface area contributed by atoms with Gasteiger partial charge >= 0.3 is 5.69 Å². The van der Waals surface area contributed by atoms with Gasteiger partial charge in [0.2, 0.25) is 0 Å². The van der Waals surface area contributed by atoms with Crippen molar-refractivity contribution >= 4 is 21.2 Å². The van der Waals surface area contributed by atoms with E-state index in [2.05, 4.69) is 11.8 Å². The number of benzene rings is 1. The van der Waals surface area contributed by atoms with Crippen molar-refractivity contribution in [2.75, 3.05) is 43.9 Å². The number of anilines is 1. The van der Waals surface area contributed by atoms with Gasteiger partial charge in [0.1, 0.15) is 10.6 Å². The van der Waals surface area contributed by atoms with Crippen LogP contribution < -0.4 is 4.90 Å². The summed E-state index contributed by atoms with van der Waals surface area (Å²) in [5.74, 6) is 1.25. The minimum Gasteiger partial charge on any atom is -0.366 e. The number of likely N-dealkylation sites (tertiary alicyclic amines) is 1. The molecule has 2 heterocycles. The molecular formula is C19H29N3O4S. The van der Waals surface area contributed by atoms with Crippen LogP contribution in [0.5, 0.6) is 0 Å². The molecule has 0 N–H and O–H groups in total. The Balaban J connectivity index is 1.79. The lowest BCUT2D eigenvalue weighted by molar-refractivity contribution is -0.387. The van der Waals surface area contributed by atoms with E-state index in [0.717, 1.165) is 57.7 Å². The molecule has 3 rings (SSSR count). The van der Waals surface area contributed by atoms with Gasteiger partial charge in [0.15, 0.2) is 9.84 Å². The van der Waals surface area contributed by atoms with E-state index in [1.54, 1.807) is 12.1 Å². The summed E-state index contributed by atoms with van der Waals surface area (Å²) >= 11 is 0. The predicted octanol–water partition coefficient (Wildman–Crippen LogP) is 2.95. The lowest BCUT2D eigenvalue weighted by Crippen LogP contribution is -2.43. The molecule has 150 valence electrons. The fourth-order valence-electron chi connectivity index (χ4n) is 4.29. The number of nitro groups is 1. The summed E-state index contributed by atoms with van der Waals surface area (Å²) in [4.78, 5) is 15.4. The standard InChI is InChI=1S/C19H29N3O4S/c1-15-8-11-20(12-9-15)13-16-5-4-10-21(14-16)17-6-3-7-18(27(2,25)26)19(17)22(23)24/h3,6-7,15-16H,4-5,8-14H2,1-2H3. The van der Waals surface area contributed by atoms with E-state index in [1.165, 1.54) is 18.9 Å². The van der Waals surface area contributed by atoms with Gasteiger partial charge in [0, 0.05) is 25.9 Å². The molecule has 0 amide bonds. The second kappa shape index (κ2) is 8.14. The maximum absolute atomic E-state index is 12.0. The first-order valence-electron chi connectivity index (χ1n) is 9.70. The molecule has 2 saturated heterocycles. The molecule has 0 bridgehead atoms. The summed E-state index contributed by atoms with van der Waals surface area (Å²) in [5, 5.41) is 11.7. The van der Waals surface area contributed by atoms with Crippen molar-refractivity contribution in [3.63, 3.8) is 0 Å². The topological polar surface area (TPSA) is 83.8 Å². The number of hydrogen-bond donors (Lipinski definition) is 0. The number of hydrogen-bond acceptors (Lipinski definition) is 6. The second-order valence-electron chi connectivity index (χ2n) is 8.09. The number of para-hydroxylation sites is 1. The third-order valence-electron chi connectivity index (χ3n) is 5.81. The zero-order chi connectivity index (χ0) is 19.6. The van der Waals surface area contributed by atoms with Gasteiger partial charge in [0.25, 0.3) is 0 Å². The lowest BCUT2D eigenvalue weighted by Gasteiger charge is -2.38. The van der Waals surface area contributed by atoms with Crippen LogP contribution in [0.2, 0.25) is 0 Å². The van der Waals surface area contributed by atoms with Crippen molar-refractivity contribution in [3.05, 3.63) is 28.3 Å². The molecule has 2 aliphatic rings. The molecular weight excluding hydrogens is 366 g/mol. The maximum Gasteiger partial charge on any atom is 0.311 e. The lowest BCUT2D eigenvalue weighted by atomic mass is 9.94. The first-order valence-corrected chi connectivity index (χ1v) is 11.6. The summed E-state index contributed by atoms with van der Waals surface area (Å²) < 4.78 is 24.0. The monoisotopic (exact) mass is 395 g/mol. The van der Waals surface area contributed by atoms with Crippen LogP contribution in [0.25, 0.3) is 0 Å². The molecule has 2 aliphatic heterocycles. The van der Waals surface area contributed by atoms with Gasteiger partial charge in [0.05, 0.1) is 4.92 Å². The molecule has 0 saturated carbocycles. The summed E-state index contributed by atoms with van der Waals surface area (Å²) in [5.41, 5.74) is 0.146. The van der Waals surface area contributed by atoms with E-state index in [1.807, 2.05) is 4.90 Å². The molecule has 0 aromatic heterocycles. The molecule has 7 nitrogen and oxygen atoms in total. The molecule has 2 fully saturated rings. The zero-order valence-corrected chi connectivity index (χ0v) is 17.0. The number of rotatable bonds is 5. The third kappa shape index (κ3) is 4.79. The van der Waals surface area contributed by atoms with E-state index < -0.39 is 14.8 Å². The van der Waals surface area contributed by atoms with Crippen molar-refractivity contribution in [3.8, 4) is 0 Å². The minimum absolute atomic E-state index is 0.197. The fourth-order valence-corrected chi connectivity index (χ4v) is 5.15. The molecule has 1 unspecified atom stereocenters. The van der Waals surface area contributed by atoms with Gasteiger partial charge in [-0.05, 0) is 62.7 Å². The van der Waals surface area contributed by atoms with Crippen LogP contribution in [0.1, 0.15) is 32.6 Å². The highest BCUT2D eigenvalue weighted by Crippen LogP contribution is 2.36. The van der Waals surface area contributed by atoms with Crippen LogP contribution >= 0.6 is 0 Å². The average molecular weight is 396 g/mol. The first-order chi connectivity index (χ1) is 12.8. The summed E-state index contributed by atoms with van der Waals surface area (Å²) in [6, 6.07) is 4.61. The van der Waals surface area contributed by atoms with Crippen molar-refractivity contribution in [2.45, 2.75) is 37.5 Å². The van der Waals surface area contributed by atoms with Crippen molar-refractivity contribution in [1.29, 1.82) is 0 Å². The van der Waals surface area contributed by atoms with Crippen LogP contribution in [0, 0.1) is 22.0 Å². The van der Waals surface area contributed by atoms with Crippen molar-refractivity contribution in [2.24, 2.45) is 11.8 Å². The van der Waals surface area contributed by atoms with Gasteiger partial charge in [-0.3, -0.25) is 10.1 Å². The predicted molar refractivity (Wildman–Crippen MR) is 106 cm³/mol. The van der Waals surface area contributed by atoms with Gasteiger partial charge in [-0.15, -0.1) is 0 Å². The normalized spacial score (nSPS) is 22.7. The van der Waals surface area contributed by atoms with Crippen molar-refractivity contribution < 1.29 is 13.3 Å². The van der Waals surface area contributed by atoms with E-state index in [9.17, 15) is 18.5 Å². The highest BCUT2D eigenvalue weighted by Gasteiger charge is 2.31. The Hall–Kier alpha value is -1.67. The van der Waals surface area contributed by atoms with Crippen LogP contribution in [-0.2, 0) is 9.84 Å². The molecule has 1 aromatic carbocycles. The Labute approximate surface area is 161 Å². The molecule has 1 atom stereocenters. The summed E-state index contributed by atoms with van der Waals surface area (Å²) in [7, 11) is -3.66. The molecule has 8 heteroatoms. The number of piperidine rings is 2. The van der Waals surface area contributed by atoms with Gasteiger partial charge in [-0.25, -0.2) is 8.42 Å². The van der Waals surface area contributed by atoms with Crippen LogP contribution in [0.15, 0.2) is 23.1 Å². The highest BCUT2D eigenvalue weighted by atomic mass is 32.2. The summed E-state index contributed by atoms with van der Waals surface area (Å²) in [6.07, 6.45) is 5.57. The van der Waals surface area contributed by atoms with Crippen LogP contribution in [0.3, 0.4) is 0 Å². The number of sulfone groups is 1. The van der Waals surface area contributed by atoms with E-state index in [-0.39, 0.29) is 10.6 Å².